The minimum atomic E-state index is -0.530. The van der Waals surface area contributed by atoms with Crippen molar-refractivity contribution >= 4 is 51.6 Å². The van der Waals surface area contributed by atoms with Crippen molar-refractivity contribution in [1.82, 2.24) is 14.8 Å². The second kappa shape index (κ2) is 12.7. The van der Waals surface area contributed by atoms with Gasteiger partial charge in [-0.3, -0.25) is 4.79 Å². The molecule has 2 heterocycles. The molecule has 1 amide bonds. The molecule has 0 saturated carbocycles. The smallest absolute Gasteiger partial charge is 0.341 e. The molecule has 11 heteroatoms. The number of aromatic nitrogens is 3. The van der Waals surface area contributed by atoms with Gasteiger partial charge in [-0.2, -0.15) is 0 Å². The van der Waals surface area contributed by atoms with Crippen LogP contribution in [0.25, 0.3) is 11.1 Å². The molecular formula is C28H29ClN4O4S2. The maximum absolute atomic E-state index is 12.9. The first kappa shape index (κ1) is 28.7. The number of hydrogen-bond donors (Lipinski definition) is 1. The van der Waals surface area contributed by atoms with Crippen molar-refractivity contribution in [2.45, 2.75) is 45.5 Å². The van der Waals surface area contributed by atoms with Crippen LogP contribution in [-0.2, 0) is 16.1 Å². The van der Waals surface area contributed by atoms with Crippen LogP contribution in [0, 0.1) is 13.8 Å². The number of carbonyl (C=O) groups is 2. The van der Waals surface area contributed by atoms with Crippen molar-refractivity contribution in [2.24, 2.45) is 0 Å². The highest BCUT2D eigenvalue weighted by atomic mass is 35.5. The number of thiophene rings is 1. The van der Waals surface area contributed by atoms with E-state index in [1.54, 1.807) is 12.1 Å². The van der Waals surface area contributed by atoms with E-state index >= 15 is 0 Å². The average molecular weight is 585 g/mol. The molecule has 0 spiro atoms. The second-order valence-electron chi connectivity index (χ2n) is 8.86. The Hall–Kier alpha value is -3.34. The Balaban J connectivity index is 1.46. The highest BCUT2D eigenvalue weighted by molar-refractivity contribution is 7.99. The average Bonchev–Trinajstić information content (AvgIpc) is 3.51. The highest BCUT2D eigenvalue weighted by Gasteiger charge is 2.24. The predicted octanol–water partition coefficient (Wildman–Crippen LogP) is 6.95. The summed E-state index contributed by atoms with van der Waals surface area (Å²) in [4.78, 5) is 25.5. The van der Waals surface area contributed by atoms with Gasteiger partial charge in [-0.15, -0.1) is 21.5 Å². The number of carbonyl (C=O) groups excluding carboxylic acids is 2. The number of thioether (sulfide) groups is 1. The number of benzene rings is 2. The van der Waals surface area contributed by atoms with Crippen LogP contribution >= 0.6 is 34.7 Å². The lowest BCUT2D eigenvalue weighted by molar-refractivity contribution is -0.113. The van der Waals surface area contributed by atoms with E-state index in [0.29, 0.717) is 38.7 Å². The van der Waals surface area contributed by atoms with Gasteiger partial charge in [0, 0.05) is 22.5 Å². The minimum absolute atomic E-state index is 0.0826. The van der Waals surface area contributed by atoms with E-state index in [1.165, 1.54) is 30.2 Å². The zero-order valence-corrected chi connectivity index (χ0v) is 24.7. The van der Waals surface area contributed by atoms with E-state index in [-0.39, 0.29) is 17.8 Å². The molecule has 1 atom stereocenters. The van der Waals surface area contributed by atoms with Crippen LogP contribution in [0.3, 0.4) is 0 Å². The number of nitrogens with one attached hydrogen (secondary N) is 1. The minimum Gasteiger partial charge on any atom is -0.483 e. The number of aryl methyl sites for hydroxylation is 2. The first-order valence-electron chi connectivity index (χ1n) is 12.3. The van der Waals surface area contributed by atoms with Gasteiger partial charge in [-0.1, -0.05) is 41.6 Å². The van der Waals surface area contributed by atoms with Crippen LogP contribution in [-0.4, -0.2) is 39.5 Å². The SMILES string of the molecule is CCn1c(SCC(=O)Nc2scc(-c3ccc(Cl)cc3)c2C(=O)OC)nnc1C(C)Oc1cc(C)cc(C)c1. The summed E-state index contributed by atoms with van der Waals surface area (Å²) >= 11 is 8.54. The zero-order chi connectivity index (χ0) is 28.1. The molecule has 1 unspecified atom stereocenters. The third kappa shape index (κ3) is 6.81. The van der Waals surface area contributed by atoms with Crippen molar-refractivity contribution in [3.05, 3.63) is 75.4 Å². The summed E-state index contributed by atoms with van der Waals surface area (Å²) in [7, 11) is 1.31. The van der Waals surface area contributed by atoms with Gasteiger partial charge in [0.05, 0.1) is 12.9 Å². The van der Waals surface area contributed by atoms with Gasteiger partial charge < -0.3 is 19.4 Å². The molecule has 2 aromatic carbocycles. The number of hydrogen-bond acceptors (Lipinski definition) is 8. The Morgan fingerprint density at radius 3 is 2.46 bits per heavy atom. The zero-order valence-electron chi connectivity index (χ0n) is 22.3. The van der Waals surface area contributed by atoms with Gasteiger partial charge in [0.25, 0.3) is 0 Å². The predicted molar refractivity (Wildman–Crippen MR) is 156 cm³/mol. The largest absolute Gasteiger partial charge is 0.483 e. The number of ether oxygens (including phenoxy) is 2. The molecule has 204 valence electrons. The van der Waals surface area contributed by atoms with Crippen LogP contribution in [0.15, 0.2) is 53.0 Å². The van der Waals surface area contributed by atoms with Crippen LogP contribution in [0.1, 0.15) is 47.3 Å². The fourth-order valence-electron chi connectivity index (χ4n) is 4.15. The number of esters is 1. The summed E-state index contributed by atoms with van der Waals surface area (Å²) in [5.74, 6) is 0.728. The maximum Gasteiger partial charge on any atom is 0.341 e. The summed E-state index contributed by atoms with van der Waals surface area (Å²) in [6.07, 6.45) is -0.332. The molecule has 0 bridgehead atoms. The lowest BCUT2D eigenvalue weighted by Gasteiger charge is -2.16. The summed E-state index contributed by atoms with van der Waals surface area (Å²) in [6, 6.07) is 13.2. The molecule has 0 aliphatic heterocycles. The molecule has 4 aromatic rings. The van der Waals surface area contributed by atoms with E-state index in [0.717, 1.165) is 22.4 Å². The molecule has 0 aliphatic carbocycles. The molecule has 1 N–H and O–H groups in total. The topological polar surface area (TPSA) is 95.3 Å². The summed E-state index contributed by atoms with van der Waals surface area (Å²) in [6.45, 7) is 8.60. The fourth-order valence-corrected chi connectivity index (χ4v) is 6.06. The van der Waals surface area contributed by atoms with Crippen LogP contribution < -0.4 is 10.1 Å². The second-order valence-corrected chi connectivity index (χ2v) is 11.1. The van der Waals surface area contributed by atoms with Crippen LogP contribution in [0.2, 0.25) is 5.02 Å². The Morgan fingerprint density at radius 2 is 1.82 bits per heavy atom. The van der Waals surface area contributed by atoms with Crippen molar-refractivity contribution in [1.29, 1.82) is 0 Å². The monoisotopic (exact) mass is 584 g/mol. The summed E-state index contributed by atoms with van der Waals surface area (Å²) < 4.78 is 13.1. The molecule has 2 aromatic heterocycles. The lowest BCUT2D eigenvalue weighted by atomic mass is 10.0. The van der Waals surface area contributed by atoms with E-state index in [2.05, 4.69) is 21.6 Å². The molecule has 0 fully saturated rings. The van der Waals surface area contributed by atoms with Crippen LogP contribution in [0.5, 0.6) is 5.75 Å². The molecule has 39 heavy (non-hydrogen) atoms. The summed E-state index contributed by atoms with van der Waals surface area (Å²) in [5.41, 5.74) is 4.02. The van der Waals surface area contributed by atoms with E-state index < -0.39 is 5.97 Å². The number of nitrogens with zero attached hydrogens (tertiary/aromatic N) is 3. The first-order chi connectivity index (χ1) is 18.7. The molecule has 4 rings (SSSR count). The Labute approximate surface area is 240 Å². The number of amides is 1. The molecule has 8 nitrogen and oxygen atoms in total. The molecular weight excluding hydrogens is 556 g/mol. The van der Waals surface area contributed by atoms with Gasteiger partial charge in [-0.25, -0.2) is 4.79 Å². The lowest BCUT2D eigenvalue weighted by Crippen LogP contribution is -2.17. The van der Waals surface area contributed by atoms with E-state index in [4.69, 9.17) is 21.1 Å². The number of halogens is 1. The standard InChI is InChI=1S/C28H29ClN4O4S2/c1-6-33-25(18(4)37-21-12-16(2)11-17(3)13-21)31-32-28(33)39-15-23(34)30-26-24(27(35)36-5)22(14-38-26)19-7-9-20(29)10-8-19/h7-14,18H,6,15H2,1-5H3,(H,30,34). The summed E-state index contributed by atoms with van der Waals surface area (Å²) in [5, 5.41) is 15.0. The van der Waals surface area contributed by atoms with Gasteiger partial charge in [0.2, 0.25) is 5.91 Å². The van der Waals surface area contributed by atoms with Crippen LogP contribution in [0.4, 0.5) is 5.00 Å². The fraction of sp³-hybridized carbons (Fsp3) is 0.286. The third-order valence-electron chi connectivity index (χ3n) is 5.85. The van der Waals surface area contributed by atoms with Crippen molar-refractivity contribution in [3.63, 3.8) is 0 Å². The maximum atomic E-state index is 12.9. The van der Waals surface area contributed by atoms with Crippen molar-refractivity contribution in [3.8, 4) is 16.9 Å². The first-order valence-corrected chi connectivity index (χ1v) is 14.5. The van der Waals surface area contributed by atoms with E-state index in [1.807, 2.05) is 61.9 Å². The van der Waals surface area contributed by atoms with Gasteiger partial charge in [0.1, 0.15) is 16.3 Å². The van der Waals surface area contributed by atoms with Gasteiger partial charge >= 0.3 is 5.97 Å². The third-order valence-corrected chi connectivity index (χ3v) is 7.97. The quantitative estimate of drug-likeness (QED) is 0.159. The number of rotatable bonds is 10. The van der Waals surface area contributed by atoms with Crippen molar-refractivity contribution in [2.75, 3.05) is 18.2 Å². The van der Waals surface area contributed by atoms with E-state index in [9.17, 15) is 9.59 Å². The molecule has 0 saturated heterocycles. The van der Waals surface area contributed by atoms with Crippen molar-refractivity contribution < 1.29 is 19.1 Å². The Bertz CT molecular complexity index is 1460. The van der Waals surface area contributed by atoms with Gasteiger partial charge in [0.15, 0.2) is 17.1 Å². The number of methoxy groups -OCH3 is 1. The molecule has 0 radical (unpaired) electrons. The van der Waals surface area contributed by atoms with Gasteiger partial charge in [-0.05, 0) is 68.7 Å². The highest BCUT2D eigenvalue weighted by Crippen LogP contribution is 2.37. The molecule has 0 aliphatic rings. The normalized spacial score (nSPS) is 11.7. The Morgan fingerprint density at radius 1 is 1.13 bits per heavy atom. The Kier molecular flexibility index (Phi) is 9.32. The number of anilines is 1.